The molecule has 1 aromatic rings. The quantitative estimate of drug-likeness (QED) is 0.717. The number of piperidine rings is 1. The summed E-state index contributed by atoms with van der Waals surface area (Å²) in [7, 11) is 0. The summed E-state index contributed by atoms with van der Waals surface area (Å²) < 4.78 is 0. The van der Waals surface area contributed by atoms with Crippen molar-refractivity contribution in [2.45, 2.75) is 44.6 Å². The van der Waals surface area contributed by atoms with Crippen LogP contribution in [-0.4, -0.2) is 42.5 Å². The van der Waals surface area contributed by atoms with Crippen molar-refractivity contribution in [3.05, 3.63) is 30.3 Å². The number of halogens is 1. The molecule has 2 aliphatic rings. The number of urea groups is 1. The van der Waals surface area contributed by atoms with Gasteiger partial charge in [-0.15, -0.1) is 12.4 Å². The standard InChI is InChI=1S/C20H30N4O2.ClH/c21-13-15-7-6-11-18(15)19(25)24-12-5-4-10-17(24)14-22-20(26)23-16-8-2-1-3-9-16;/h1-3,8-9,15,17-18H,4-7,10-14,21H2,(H2,22,23,26);1H/t15-,17?,18-;/m1./s1. The summed E-state index contributed by atoms with van der Waals surface area (Å²) in [5, 5.41) is 5.76. The van der Waals surface area contributed by atoms with Crippen LogP contribution in [-0.2, 0) is 4.79 Å². The van der Waals surface area contributed by atoms with Crippen molar-refractivity contribution in [1.29, 1.82) is 0 Å². The molecule has 1 saturated carbocycles. The minimum atomic E-state index is -0.227. The van der Waals surface area contributed by atoms with Gasteiger partial charge in [-0.1, -0.05) is 24.6 Å². The number of nitrogens with two attached hydrogens (primary N) is 1. The highest BCUT2D eigenvalue weighted by Crippen LogP contribution is 2.34. The number of amides is 3. The molecule has 150 valence electrons. The zero-order chi connectivity index (χ0) is 18.4. The molecule has 4 N–H and O–H groups in total. The summed E-state index contributed by atoms with van der Waals surface area (Å²) in [4.78, 5) is 27.2. The zero-order valence-electron chi connectivity index (χ0n) is 15.7. The Bertz CT molecular complexity index is 613. The predicted octanol–water partition coefficient (Wildman–Crippen LogP) is 2.99. The lowest BCUT2D eigenvalue weighted by Gasteiger charge is -2.38. The summed E-state index contributed by atoms with van der Waals surface area (Å²) in [6.45, 7) is 1.87. The van der Waals surface area contributed by atoms with Crippen LogP contribution >= 0.6 is 12.4 Å². The van der Waals surface area contributed by atoms with E-state index in [9.17, 15) is 9.59 Å². The third-order valence-electron chi connectivity index (χ3n) is 5.72. The van der Waals surface area contributed by atoms with Crippen LogP contribution in [0.1, 0.15) is 38.5 Å². The van der Waals surface area contributed by atoms with Crippen LogP contribution in [0.25, 0.3) is 0 Å². The SMILES string of the molecule is Cl.NC[C@H]1CCC[C@H]1C(=O)N1CCCCC1CNC(=O)Nc1ccccc1. The maximum atomic E-state index is 13.1. The van der Waals surface area contributed by atoms with E-state index in [2.05, 4.69) is 10.6 Å². The van der Waals surface area contributed by atoms with Crippen LogP contribution < -0.4 is 16.4 Å². The third-order valence-corrected chi connectivity index (χ3v) is 5.72. The molecule has 0 spiro atoms. The van der Waals surface area contributed by atoms with Crippen LogP contribution in [0.2, 0.25) is 0 Å². The number of hydrogen-bond donors (Lipinski definition) is 3. The van der Waals surface area contributed by atoms with Crippen LogP contribution in [0.4, 0.5) is 10.5 Å². The van der Waals surface area contributed by atoms with Crippen molar-refractivity contribution in [2.75, 3.05) is 25.0 Å². The molecular weight excluding hydrogens is 364 g/mol. The lowest BCUT2D eigenvalue weighted by atomic mass is 9.92. The van der Waals surface area contributed by atoms with Gasteiger partial charge in [0.05, 0.1) is 0 Å². The van der Waals surface area contributed by atoms with E-state index in [1.807, 2.05) is 35.2 Å². The van der Waals surface area contributed by atoms with Crippen LogP contribution in [0.15, 0.2) is 30.3 Å². The molecule has 3 amide bonds. The van der Waals surface area contributed by atoms with E-state index >= 15 is 0 Å². The van der Waals surface area contributed by atoms with Gasteiger partial charge < -0.3 is 21.3 Å². The van der Waals surface area contributed by atoms with E-state index in [-0.39, 0.29) is 36.3 Å². The van der Waals surface area contributed by atoms with E-state index in [0.717, 1.165) is 50.8 Å². The van der Waals surface area contributed by atoms with E-state index in [1.165, 1.54) is 0 Å². The highest BCUT2D eigenvalue weighted by molar-refractivity contribution is 5.89. The average molecular weight is 395 g/mol. The van der Waals surface area contributed by atoms with Crippen molar-refractivity contribution < 1.29 is 9.59 Å². The number of hydrogen-bond acceptors (Lipinski definition) is 3. The summed E-state index contributed by atoms with van der Waals surface area (Å²) in [5.41, 5.74) is 6.62. The van der Waals surface area contributed by atoms with Crippen molar-refractivity contribution in [3.8, 4) is 0 Å². The fourth-order valence-corrected chi connectivity index (χ4v) is 4.27. The fraction of sp³-hybridized carbons (Fsp3) is 0.600. The number of benzene rings is 1. The molecule has 3 atom stereocenters. The third kappa shape index (κ3) is 5.59. The number of anilines is 1. The van der Waals surface area contributed by atoms with Crippen molar-refractivity contribution >= 4 is 30.0 Å². The number of carbonyl (C=O) groups excluding carboxylic acids is 2. The highest BCUT2D eigenvalue weighted by atomic mass is 35.5. The van der Waals surface area contributed by atoms with Gasteiger partial charge in [0.1, 0.15) is 0 Å². The molecule has 27 heavy (non-hydrogen) atoms. The van der Waals surface area contributed by atoms with Gasteiger partial charge in [0.25, 0.3) is 0 Å². The summed E-state index contributed by atoms with van der Waals surface area (Å²) in [6, 6.07) is 9.23. The molecule has 0 bridgehead atoms. The van der Waals surface area contributed by atoms with E-state index in [4.69, 9.17) is 5.73 Å². The topological polar surface area (TPSA) is 87.5 Å². The van der Waals surface area contributed by atoms with Crippen LogP contribution in [0, 0.1) is 11.8 Å². The van der Waals surface area contributed by atoms with Gasteiger partial charge >= 0.3 is 6.03 Å². The molecule has 1 aliphatic carbocycles. The molecule has 3 rings (SSSR count). The van der Waals surface area contributed by atoms with E-state index < -0.39 is 0 Å². The molecule has 1 saturated heterocycles. The minimum absolute atomic E-state index is 0. The first-order valence-corrected chi connectivity index (χ1v) is 9.79. The lowest BCUT2D eigenvalue weighted by molar-refractivity contribution is -0.140. The first-order chi connectivity index (χ1) is 12.7. The van der Waals surface area contributed by atoms with Gasteiger partial charge in [-0.05, 0) is 56.7 Å². The van der Waals surface area contributed by atoms with Gasteiger partial charge in [-0.25, -0.2) is 4.79 Å². The molecule has 7 heteroatoms. The second-order valence-electron chi connectivity index (χ2n) is 7.42. The highest BCUT2D eigenvalue weighted by Gasteiger charge is 2.37. The molecule has 1 heterocycles. The summed E-state index contributed by atoms with van der Waals surface area (Å²) >= 11 is 0. The Kier molecular flexibility index (Phi) is 8.38. The minimum Gasteiger partial charge on any atom is -0.338 e. The lowest BCUT2D eigenvalue weighted by Crippen LogP contribution is -2.52. The maximum Gasteiger partial charge on any atom is 0.319 e. The van der Waals surface area contributed by atoms with Crippen molar-refractivity contribution in [1.82, 2.24) is 10.2 Å². The molecule has 1 aromatic carbocycles. The first kappa shape index (κ1) is 21.5. The largest absolute Gasteiger partial charge is 0.338 e. The second kappa shape index (κ2) is 10.5. The van der Waals surface area contributed by atoms with Crippen LogP contribution in [0.3, 0.4) is 0 Å². The number of nitrogens with one attached hydrogen (secondary N) is 2. The fourth-order valence-electron chi connectivity index (χ4n) is 4.27. The first-order valence-electron chi connectivity index (χ1n) is 9.79. The predicted molar refractivity (Wildman–Crippen MR) is 110 cm³/mol. The van der Waals surface area contributed by atoms with Crippen LogP contribution in [0.5, 0.6) is 0 Å². The number of rotatable bonds is 5. The smallest absolute Gasteiger partial charge is 0.319 e. The number of nitrogens with zero attached hydrogens (tertiary/aromatic N) is 1. The zero-order valence-corrected chi connectivity index (χ0v) is 16.5. The monoisotopic (exact) mass is 394 g/mol. The van der Waals surface area contributed by atoms with Gasteiger partial charge in [-0.2, -0.15) is 0 Å². The number of para-hydroxylation sites is 1. The molecule has 0 radical (unpaired) electrons. The Hall–Kier alpha value is -1.79. The van der Waals surface area contributed by atoms with Gasteiger partial charge in [0, 0.05) is 30.7 Å². The van der Waals surface area contributed by atoms with E-state index in [0.29, 0.717) is 19.0 Å². The molecule has 1 aliphatic heterocycles. The molecule has 0 aromatic heterocycles. The Morgan fingerprint density at radius 1 is 1.07 bits per heavy atom. The normalized spacial score (nSPS) is 24.8. The Morgan fingerprint density at radius 2 is 1.85 bits per heavy atom. The van der Waals surface area contributed by atoms with Crippen molar-refractivity contribution in [2.24, 2.45) is 17.6 Å². The molecule has 6 nitrogen and oxygen atoms in total. The molecule has 1 unspecified atom stereocenters. The Morgan fingerprint density at radius 3 is 2.59 bits per heavy atom. The van der Waals surface area contributed by atoms with Gasteiger partial charge in [-0.3, -0.25) is 4.79 Å². The van der Waals surface area contributed by atoms with Gasteiger partial charge in [0.15, 0.2) is 0 Å². The average Bonchev–Trinajstić information content (AvgIpc) is 3.15. The Balaban J connectivity index is 0.00000261. The van der Waals surface area contributed by atoms with Crippen molar-refractivity contribution in [3.63, 3.8) is 0 Å². The number of likely N-dealkylation sites (tertiary alicyclic amines) is 1. The summed E-state index contributed by atoms with van der Waals surface area (Å²) in [6.07, 6.45) is 6.18. The van der Waals surface area contributed by atoms with E-state index in [1.54, 1.807) is 0 Å². The maximum absolute atomic E-state index is 13.1. The second-order valence-corrected chi connectivity index (χ2v) is 7.42. The molecule has 2 fully saturated rings. The van der Waals surface area contributed by atoms with Gasteiger partial charge in [0.2, 0.25) is 5.91 Å². The summed E-state index contributed by atoms with van der Waals surface area (Å²) in [5.74, 6) is 0.631. The molecular formula is C20H31ClN4O2. The Labute approximate surface area is 167 Å². The number of carbonyl (C=O) groups is 2.